The van der Waals surface area contributed by atoms with Crippen LogP contribution in [0, 0.1) is 47.3 Å². The van der Waals surface area contributed by atoms with E-state index in [0.29, 0.717) is 11.8 Å². The standard InChI is InChI=1S/C26H45F/c1-8-17(3)11-10-12-22-15-24(21(7)20(6)18(4)9-2)26-16-25(26)23(22)14-13-19(5)27/h8-9,17,19-26H,1,10-16H2,2-7H3/b18-9+/t17-,19-,20-,21+,22-,23+,24+,25+,26-/m0/s1. The molecule has 0 aliphatic heterocycles. The summed E-state index contributed by atoms with van der Waals surface area (Å²) in [6, 6.07) is 0. The Morgan fingerprint density at radius 2 is 1.78 bits per heavy atom. The second-order valence-corrected chi connectivity index (χ2v) is 10.1. The fourth-order valence-electron chi connectivity index (χ4n) is 5.95. The van der Waals surface area contributed by atoms with Crippen molar-refractivity contribution in [2.24, 2.45) is 47.3 Å². The highest BCUT2D eigenvalue weighted by Gasteiger charge is 2.54. The Morgan fingerprint density at radius 3 is 2.37 bits per heavy atom. The molecule has 0 spiro atoms. The molecule has 0 aromatic carbocycles. The van der Waals surface area contributed by atoms with E-state index in [0.717, 1.165) is 48.3 Å². The maximum absolute atomic E-state index is 13.5. The SMILES string of the molecule is C=C[C@H](C)CCC[C@H]1C[C@H]([C@H](C)[C@@H](C)/C(C)=C/C)[C@@H]2C[C@@H]2[C@@H]1CC[C@H](C)F. The van der Waals surface area contributed by atoms with E-state index in [-0.39, 0.29) is 0 Å². The largest absolute Gasteiger partial charge is 0.248 e. The van der Waals surface area contributed by atoms with Crippen LogP contribution in [0.4, 0.5) is 4.39 Å². The molecule has 0 nitrogen and oxygen atoms in total. The molecule has 9 atom stereocenters. The first kappa shape index (κ1) is 22.7. The molecule has 0 aromatic rings. The monoisotopic (exact) mass is 376 g/mol. The molecule has 0 N–H and O–H groups in total. The van der Waals surface area contributed by atoms with Crippen LogP contribution < -0.4 is 0 Å². The quantitative estimate of drug-likeness (QED) is 0.318. The minimum absolute atomic E-state index is 0.624. The van der Waals surface area contributed by atoms with Crippen molar-refractivity contribution in [3.8, 4) is 0 Å². The van der Waals surface area contributed by atoms with Gasteiger partial charge in [-0.3, -0.25) is 0 Å². The fraction of sp³-hybridized carbons (Fsp3) is 0.846. The maximum Gasteiger partial charge on any atom is 0.0973 e. The lowest BCUT2D eigenvalue weighted by atomic mass is 9.65. The van der Waals surface area contributed by atoms with Crippen LogP contribution in [0.15, 0.2) is 24.3 Å². The summed E-state index contributed by atoms with van der Waals surface area (Å²) in [6.45, 7) is 17.4. The van der Waals surface area contributed by atoms with Crippen molar-refractivity contribution in [3.63, 3.8) is 0 Å². The Hall–Kier alpha value is -0.590. The number of alkyl halides is 1. The van der Waals surface area contributed by atoms with Gasteiger partial charge in [-0.15, -0.1) is 6.58 Å². The van der Waals surface area contributed by atoms with Crippen LogP contribution in [-0.2, 0) is 0 Å². The highest BCUT2D eigenvalue weighted by Crippen LogP contribution is 2.62. The summed E-state index contributed by atoms with van der Waals surface area (Å²) in [6.07, 6.45) is 12.3. The number of rotatable bonds is 11. The third kappa shape index (κ3) is 5.94. The molecule has 0 aromatic heterocycles. The molecular formula is C26H45F. The maximum atomic E-state index is 13.5. The van der Waals surface area contributed by atoms with Gasteiger partial charge in [-0.2, -0.15) is 0 Å². The van der Waals surface area contributed by atoms with E-state index in [1.54, 1.807) is 12.5 Å². The van der Waals surface area contributed by atoms with Gasteiger partial charge >= 0.3 is 0 Å². The number of halogens is 1. The molecule has 0 bridgehead atoms. The van der Waals surface area contributed by atoms with Gasteiger partial charge in [0.2, 0.25) is 0 Å². The highest BCUT2D eigenvalue weighted by molar-refractivity contribution is 5.08. The molecule has 2 aliphatic rings. The minimum Gasteiger partial charge on any atom is -0.248 e. The molecule has 0 unspecified atom stereocenters. The van der Waals surface area contributed by atoms with Crippen molar-refractivity contribution < 1.29 is 4.39 Å². The predicted octanol–water partition coefficient (Wildman–Crippen LogP) is 8.24. The van der Waals surface area contributed by atoms with Crippen LogP contribution in [0.2, 0.25) is 0 Å². The summed E-state index contributed by atoms with van der Waals surface area (Å²) in [5.41, 5.74) is 1.55. The molecule has 1 heteroatoms. The summed E-state index contributed by atoms with van der Waals surface area (Å²) in [4.78, 5) is 0. The van der Waals surface area contributed by atoms with Crippen molar-refractivity contribution in [2.45, 2.75) is 92.7 Å². The smallest absolute Gasteiger partial charge is 0.0973 e. The van der Waals surface area contributed by atoms with Crippen LogP contribution in [-0.4, -0.2) is 6.17 Å². The zero-order chi connectivity index (χ0) is 20.1. The van der Waals surface area contributed by atoms with Crippen molar-refractivity contribution in [1.82, 2.24) is 0 Å². The zero-order valence-electron chi connectivity index (χ0n) is 18.9. The molecule has 2 saturated carbocycles. The first-order valence-corrected chi connectivity index (χ1v) is 11.7. The summed E-state index contributed by atoms with van der Waals surface area (Å²) >= 11 is 0. The molecule has 0 amide bonds. The summed E-state index contributed by atoms with van der Waals surface area (Å²) < 4.78 is 13.5. The topological polar surface area (TPSA) is 0 Å². The van der Waals surface area contributed by atoms with Crippen LogP contribution in [0.25, 0.3) is 0 Å². The Morgan fingerprint density at radius 1 is 1.07 bits per heavy atom. The van der Waals surface area contributed by atoms with Crippen molar-refractivity contribution in [2.75, 3.05) is 0 Å². The van der Waals surface area contributed by atoms with E-state index in [4.69, 9.17) is 0 Å². The molecular weight excluding hydrogens is 331 g/mol. The average molecular weight is 377 g/mol. The van der Waals surface area contributed by atoms with Crippen molar-refractivity contribution >= 4 is 0 Å². The van der Waals surface area contributed by atoms with Crippen LogP contribution >= 0.6 is 0 Å². The lowest BCUT2D eigenvalue weighted by Gasteiger charge is -2.40. The summed E-state index contributed by atoms with van der Waals surface area (Å²) in [5, 5.41) is 0. The Labute approximate surface area is 169 Å². The van der Waals surface area contributed by atoms with Gasteiger partial charge in [0.05, 0.1) is 6.17 Å². The molecule has 27 heavy (non-hydrogen) atoms. The van der Waals surface area contributed by atoms with E-state index in [2.05, 4.69) is 53.3 Å². The number of hydrogen-bond acceptors (Lipinski definition) is 0. The first-order valence-electron chi connectivity index (χ1n) is 11.7. The van der Waals surface area contributed by atoms with Gasteiger partial charge in [-0.25, -0.2) is 4.39 Å². The Bertz CT molecular complexity index is 490. The van der Waals surface area contributed by atoms with Crippen LogP contribution in [0.5, 0.6) is 0 Å². The van der Waals surface area contributed by atoms with Gasteiger partial charge in [0.1, 0.15) is 0 Å². The lowest BCUT2D eigenvalue weighted by Crippen LogP contribution is -2.33. The number of hydrogen-bond donors (Lipinski definition) is 0. The van der Waals surface area contributed by atoms with E-state index in [1.807, 2.05) is 0 Å². The van der Waals surface area contributed by atoms with Gasteiger partial charge in [0, 0.05) is 0 Å². The number of fused-ring (bicyclic) bond motifs is 1. The van der Waals surface area contributed by atoms with Crippen molar-refractivity contribution in [1.29, 1.82) is 0 Å². The lowest BCUT2D eigenvalue weighted by molar-refractivity contribution is 0.0938. The Balaban J connectivity index is 2.04. The average Bonchev–Trinajstić information content (AvgIpc) is 3.44. The first-order chi connectivity index (χ1) is 12.8. The molecule has 2 aliphatic carbocycles. The van der Waals surface area contributed by atoms with Gasteiger partial charge in [-0.05, 0) is 100 Å². The third-order valence-corrected chi connectivity index (χ3v) is 8.34. The summed E-state index contributed by atoms with van der Waals surface area (Å²) in [5.74, 6) is 6.38. The fourth-order valence-corrected chi connectivity index (χ4v) is 5.95. The molecule has 2 rings (SSSR count). The van der Waals surface area contributed by atoms with Gasteiger partial charge in [-0.1, -0.05) is 51.3 Å². The van der Waals surface area contributed by atoms with Crippen LogP contribution in [0.3, 0.4) is 0 Å². The van der Waals surface area contributed by atoms with E-state index >= 15 is 0 Å². The molecule has 0 radical (unpaired) electrons. The van der Waals surface area contributed by atoms with Crippen molar-refractivity contribution in [3.05, 3.63) is 24.3 Å². The predicted molar refractivity (Wildman–Crippen MR) is 117 cm³/mol. The van der Waals surface area contributed by atoms with Crippen LogP contribution in [0.1, 0.15) is 86.5 Å². The molecule has 156 valence electrons. The van der Waals surface area contributed by atoms with E-state index in [9.17, 15) is 4.39 Å². The van der Waals surface area contributed by atoms with E-state index < -0.39 is 6.17 Å². The normalized spacial score (nSPS) is 35.1. The molecule has 2 fully saturated rings. The van der Waals surface area contributed by atoms with Gasteiger partial charge in [0.25, 0.3) is 0 Å². The van der Waals surface area contributed by atoms with E-state index in [1.165, 1.54) is 32.1 Å². The highest BCUT2D eigenvalue weighted by atomic mass is 19.1. The third-order valence-electron chi connectivity index (χ3n) is 8.34. The second kappa shape index (κ2) is 10.3. The van der Waals surface area contributed by atoms with Gasteiger partial charge in [0.15, 0.2) is 0 Å². The minimum atomic E-state index is -0.641. The number of allylic oxidation sites excluding steroid dienone is 3. The molecule has 0 saturated heterocycles. The van der Waals surface area contributed by atoms with Gasteiger partial charge < -0.3 is 0 Å². The second-order valence-electron chi connectivity index (χ2n) is 10.1. The Kier molecular flexibility index (Phi) is 8.63. The molecule has 0 heterocycles. The zero-order valence-corrected chi connectivity index (χ0v) is 18.9. The summed E-state index contributed by atoms with van der Waals surface area (Å²) in [7, 11) is 0.